The van der Waals surface area contributed by atoms with Crippen molar-refractivity contribution in [1.82, 2.24) is 26.2 Å². The van der Waals surface area contributed by atoms with E-state index in [1.165, 1.54) is 39.8 Å². The highest BCUT2D eigenvalue weighted by Crippen LogP contribution is 2.06. The Morgan fingerprint density at radius 3 is 1.71 bits per heavy atom. The van der Waals surface area contributed by atoms with E-state index in [2.05, 4.69) is 21.3 Å². The molecule has 4 atom stereocenters. The van der Waals surface area contributed by atoms with Crippen LogP contribution in [0.3, 0.4) is 0 Å². The van der Waals surface area contributed by atoms with Gasteiger partial charge >= 0.3 is 0 Å². The van der Waals surface area contributed by atoms with Gasteiger partial charge in [0, 0.05) is 27.4 Å². The third-order valence-corrected chi connectivity index (χ3v) is 4.89. The van der Waals surface area contributed by atoms with E-state index in [9.17, 15) is 33.2 Å². The SMILES string of the molecule is CC(=O)N[C@@H](CC(C)C)C(=O)N[C@@H](C)C(=O)N[C@@H](C)C(=O)N[C@@H](CCC(=O)N(C)C)C(=O)CF. The minimum absolute atomic E-state index is 0.0701. The standard InChI is InChI=1S/C22H38FN5O6/c1-12(2)10-17(26-15(5)29)22(34)25-13(3)20(32)24-14(4)21(33)27-16(18(30)11-23)8-9-19(31)28(6)7/h12-14,16-17H,8-11H2,1-7H3,(H,24,32)(H,25,34)(H,26,29)(H,27,33)/t13-,14-,16-,17-/m0/s1. The van der Waals surface area contributed by atoms with Crippen molar-refractivity contribution in [3.8, 4) is 0 Å². The number of alkyl halides is 1. The van der Waals surface area contributed by atoms with Gasteiger partial charge < -0.3 is 26.2 Å². The van der Waals surface area contributed by atoms with Crippen LogP contribution in [-0.4, -0.2) is 85.2 Å². The second kappa shape index (κ2) is 15.0. The van der Waals surface area contributed by atoms with Crippen molar-refractivity contribution in [1.29, 1.82) is 0 Å². The lowest BCUT2D eigenvalue weighted by Crippen LogP contribution is -2.56. The van der Waals surface area contributed by atoms with Crippen molar-refractivity contribution in [2.45, 2.75) is 78.0 Å². The van der Waals surface area contributed by atoms with Crippen LogP contribution in [0.25, 0.3) is 0 Å². The first-order valence-corrected chi connectivity index (χ1v) is 11.2. The number of carbonyl (C=O) groups excluding carboxylic acids is 6. The van der Waals surface area contributed by atoms with Crippen LogP contribution < -0.4 is 21.3 Å². The van der Waals surface area contributed by atoms with Crippen LogP contribution >= 0.6 is 0 Å². The molecule has 5 amide bonds. The topological polar surface area (TPSA) is 154 Å². The monoisotopic (exact) mass is 487 g/mol. The molecule has 34 heavy (non-hydrogen) atoms. The normalized spacial score (nSPS) is 14.3. The van der Waals surface area contributed by atoms with E-state index in [0.717, 1.165) is 0 Å². The van der Waals surface area contributed by atoms with Gasteiger partial charge in [0.05, 0.1) is 6.04 Å². The molecule has 0 aromatic heterocycles. The summed E-state index contributed by atoms with van der Waals surface area (Å²) in [6.45, 7) is 6.53. The zero-order valence-corrected chi connectivity index (χ0v) is 21.0. The molecule has 0 unspecified atom stereocenters. The predicted octanol–water partition coefficient (Wildman–Crippen LogP) is -0.562. The molecule has 12 heteroatoms. The average Bonchev–Trinajstić information content (AvgIpc) is 2.73. The number of halogens is 1. The summed E-state index contributed by atoms with van der Waals surface area (Å²) in [6.07, 6.45) is 0.219. The molecule has 0 saturated heterocycles. The van der Waals surface area contributed by atoms with E-state index in [4.69, 9.17) is 0 Å². The molecule has 0 bridgehead atoms. The number of rotatable bonds is 14. The van der Waals surface area contributed by atoms with Crippen LogP contribution in [0.15, 0.2) is 0 Å². The van der Waals surface area contributed by atoms with Crippen molar-refractivity contribution in [3.05, 3.63) is 0 Å². The highest BCUT2D eigenvalue weighted by molar-refractivity contribution is 5.95. The van der Waals surface area contributed by atoms with Crippen molar-refractivity contribution in [2.24, 2.45) is 5.92 Å². The van der Waals surface area contributed by atoms with E-state index in [0.29, 0.717) is 6.42 Å². The average molecular weight is 488 g/mol. The summed E-state index contributed by atoms with van der Waals surface area (Å²) in [7, 11) is 3.07. The molecule has 11 nitrogen and oxygen atoms in total. The number of amides is 5. The van der Waals surface area contributed by atoms with Gasteiger partial charge in [0.15, 0.2) is 5.78 Å². The van der Waals surface area contributed by atoms with Crippen LogP contribution in [0, 0.1) is 5.92 Å². The maximum Gasteiger partial charge on any atom is 0.243 e. The van der Waals surface area contributed by atoms with Crippen LogP contribution in [0.5, 0.6) is 0 Å². The summed E-state index contributed by atoms with van der Waals surface area (Å²) < 4.78 is 12.9. The van der Waals surface area contributed by atoms with Gasteiger partial charge in [-0.1, -0.05) is 13.8 Å². The minimum Gasteiger partial charge on any atom is -0.349 e. The summed E-state index contributed by atoms with van der Waals surface area (Å²) in [5.41, 5.74) is 0. The third-order valence-electron chi connectivity index (χ3n) is 4.89. The van der Waals surface area contributed by atoms with Crippen molar-refractivity contribution in [2.75, 3.05) is 20.8 Å². The zero-order chi connectivity index (χ0) is 26.6. The first-order valence-electron chi connectivity index (χ1n) is 11.2. The molecule has 0 aliphatic carbocycles. The molecule has 0 fully saturated rings. The summed E-state index contributed by atoms with van der Waals surface area (Å²) in [4.78, 5) is 73.7. The fourth-order valence-corrected chi connectivity index (χ4v) is 2.93. The van der Waals surface area contributed by atoms with Gasteiger partial charge in [-0.3, -0.25) is 28.8 Å². The highest BCUT2D eigenvalue weighted by atomic mass is 19.1. The summed E-state index contributed by atoms with van der Waals surface area (Å²) >= 11 is 0. The minimum atomic E-state index is -1.31. The van der Waals surface area contributed by atoms with E-state index >= 15 is 0 Å². The van der Waals surface area contributed by atoms with Gasteiger partial charge in [0.25, 0.3) is 0 Å². The fourth-order valence-electron chi connectivity index (χ4n) is 2.93. The van der Waals surface area contributed by atoms with Gasteiger partial charge in [-0.15, -0.1) is 0 Å². The summed E-state index contributed by atoms with van der Waals surface area (Å²) in [6, 6.07) is -4.15. The molecule has 0 aliphatic heterocycles. The van der Waals surface area contributed by atoms with Crippen molar-refractivity contribution >= 4 is 35.3 Å². The lowest BCUT2D eigenvalue weighted by Gasteiger charge is -2.24. The predicted molar refractivity (Wildman–Crippen MR) is 123 cm³/mol. The first-order chi connectivity index (χ1) is 15.7. The van der Waals surface area contributed by atoms with Gasteiger partial charge in [-0.25, -0.2) is 4.39 Å². The molecule has 0 radical (unpaired) electrons. The second-order valence-electron chi connectivity index (χ2n) is 8.83. The van der Waals surface area contributed by atoms with Gasteiger partial charge in [0.2, 0.25) is 29.5 Å². The molecule has 0 saturated carbocycles. The van der Waals surface area contributed by atoms with Gasteiger partial charge in [-0.05, 0) is 32.6 Å². The molecule has 0 heterocycles. The van der Waals surface area contributed by atoms with E-state index in [1.54, 1.807) is 0 Å². The lowest BCUT2D eigenvalue weighted by atomic mass is 10.0. The third kappa shape index (κ3) is 11.7. The van der Waals surface area contributed by atoms with Crippen molar-refractivity contribution < 1.29 is 33.2 Å². The lowest BCUT2D eigenvalue weighted by molar-refractivity contribution is -0.134. The number of ketones is 1. The van der Waals surface area contributed by atoms with Crippen LogP contribution in [0.1, 0.15) is 53.9 Å². The maximum absolute atomic E-state index is 12.9. The molecule has 0 aromatic rings. The smallest absolute Gasteiger partial charge is 0.243 e. The highest BCUT2D eigenvalue weighted by Gasteiger charge is 2.28. The molecular formula is C22H38FN5O6. The fraction of sp³-hybridized carbons (Fsp3) is 0.727. The maximum atomic E-state index is 12.9. The molecular weight excluding hydrogens is 449 g/mol. The number of Topliss-reactive ketones (excluding diaryl/α,β-unsaturated/α-hetero) is 1. The van der Waals surface area contributed by atoms with Crippen LogP contribution in [0.2, 0.25) is 0 Å². The quantitative estimate of drug-likeness (QED) is 0.258. The molecule has 0 spiro atoms. The van der Waals surface area contributed by atoms with E-state index in [1.807, 2.05) is 13.8 Å². The van der Waals surface area contributed by atoms with Gasteiger partial charge in [-0.2, -0.15) is 0 Å². The first kappa shape index (κ1) is 30.9. The zero-order valence-electron chi connectivity index (χ0n) is 21.0. The number of nitrogens with one attached hydrogen (secondary N) is 4. The van der Waals surface area contributed by atoms with Crippen LogP contribution in [0.4, 0.5) is 4.39 Å². The Balaban J connectivity index is 4.99. The Labute approximate surface area is 199 Å². The number of nitrogens with zero attached hydrogens (tertiary/aromatic N) is 1. The largest absolute Gasteiger partial charge is 0.349 e. The van der Waals surface area contributed by atoms with Crippen molar-refractivity contribution in [3.63, 3.8) is 0 Å². The number of hydrogen-bond donors (Lipinski definition) is 4. The Hall–Kier alpha value is -3.05. The summed E-state index contributed by atoms with van der Waals surface area (Å²) in [5, 5.41) is 9.82. The number of hydrogen-bond acceptors (Lipinski definition) is 6. The van der Waals surface area contributed by atoms with E-state index < -0.39 is 54.3 Å². The molecule has 4 N–H and O–H groups in total. The Morgan fingerprint density at radius 2 is 1.26 bits per heavy atom. The van der Waals surface area contributed by atoms with E-state index in [-0.39, 0.29) is 30.6 Å². The number of carbonyl (C=O) groups is 6. The van der Waals surface area contributed by atoms with Crippen LogP contribution in [-0.2, 0) is 28.8 Å². The Kier molecular flexibility index (Phi) is 13.6. The Bertz CT molecular complexity index is 758. The Morgan fingerprint density at radius 1 is 0.765 bits per heavy atom. The molecule has 0 rings (SSSR count). The summed E-state index contributed by atoms with van der Waals surface area (Å²) in [5.74, 6) is -3.38. The molecule has 0 aliphatic rings. The molecule has 0 aromatic carbocycles. The second-order valence-corrected chi connectivity index (χ2v) is 8.83. The van der Waals surface area contributed by atoms with Gasteiger partial charge in [0.1, 0.15) is 24.8 Å². The molecule has 194 valence electrons.